The number of anilines is 3. The van der Waals surface area contributed by atoms with Crippen LogP contribution in [-0.2, 0) is 15.8 Å². The predicted molar refractivity (Wildman–Crippen MR) is 142 cm³/mol. The molecule has 0 atom stereocenters. The van der Waals surface area contributed by atoms with Crippen molar-refractivity contribution in [3.8, 4) is 5.75 Å². The molecular weight excluding hydrogens is 527 g/mol. The molecular formula is C28H22F3N5O4. The van der Waals surface area contributed by atoms with E-state index in [0.717, 1.165) is 28.2 Å². The van der Waals surface area contributed by atoms with Crippen molar-refractivity contribution in [3.63, 3.8) is 0 Å². The molecule has 3 aromatic rings. The van der Waals surface area contributed by atoms with Crippen molar-refractivity contribution in [2.75, 3.05) is 17.4 Å². The quantitative estimate of drug-likeness (QED) is 0.183. The number of alkyl halides is 3. The molecule has 204 valence electrons. The maximum absolute atomic E-state index is 13.5. The van der Waals surface area contributed by atoms with Crippen LogP contribution in [0.15, 0.2) is 65.4 Å². The van der Waals surface area contributed by atoms with Gasteiger partial charge in [-0.1, -0.05) is 12.1 Å². The number of phenols is 1. The Hall–Kier alpha value is -5.13. The second kappa shape index (κ2) is 9.56. The molecule has 0 aliphatic carbocycles. The van der Waals surface area contributed by atoms with Crippen molar-refractivity contribution in [3.05, 3.63) is 88.1 Å². The lowest BCUT2D eigenvalue weighted by atomic mass is 10.1. The molecule has 2 heterocycles. The fourth-order valence-corrected chi connectivity index (χ4v) is 4.54. The molecule has 0 saturated carbocycles. The van der Waals surface area contributed by atoms with Crippen LogP contribution in [0.2, 0.25) is 0 Å². The summed E-state index contributed by atoms with van der Waals surface area (Å²) >= 11 is 0. The van der Waals surface area contributed by atoms with Gasteiger partial charge in [0.25, 0.3) is 11.8 Å². The van der Waals surface area contributed by atoms with Crippen molar-refractivity contribution in [1.29, 1.82) is 0 Å². The standard InChI is InChI=1S/C28H22F3N5O4/c1-14-8-15(2)10-18(9-14)36-21-13-17(28(29,30)31)5-6-19(21)24(26(36)39)34-33-20-7-4-16(12-23(20)37)11-22-25(38)32-27(40)35(22)3/h4-13,33,37H,1-3H3,(H,32,38,40). The van der Waals surface area contributed by atoms with Gasteiger partial charge < -0.3 is 5.11 Å². The lowest BCUT2D eigenvalue weighted by Gasteiger charge is -2.19. The van der Waals surface area contributed by atoms with Crippen LogP contribution in [0, 0.1) is 13.8 Å². The van der Waals surface area contributed by atoms with E-state index in [2.05, 4.69) is 15.8 Å². The average Bonchev–Trinajstić information content (AvgIpc) is 3.28. The number of hydrazone groups is 1. The summed E-state index contributed by atoms with van der Waals surface area (Å²) < 4.78 is 40.6. The molecule has 9 nitrogen and oxygen atoms in total. The van der Waals surface area contributed by atoms with E-state index in [0.29, 0.717) is 11.3 Å². The summed E-state index contributed by atoms with van der Waals surface area (Å²) in [6, 6.07) is 12.0. The van der Waals surface area contributed by atoms with Crippen molar-refractivity contribution < 1.29 is 32.7 Å². The second-order valence-corrected chi connectivity index (χ2v) is 9.41. The van der Waals surface area contributed by atoms with Gasteiger partial charge in [0.05, 0.1) is 16.9 Å². The van der Waals surface area contributed by atoms with Gasteiger partial charge in [0.15, 0.2) is 5.71 Å². The van der Waals surface area contributed by atoms with E-state index >= 15 is 0 Å². The predicted octanol–water partition coefficient (Wildman–Crippen LogP) is 5.04. The zero-order valence-electron chi connectivity index (χ0n) is 21.4. The molecule has 0 radical (unpaired) electrons. The zero-order chi connectivity index (χ0) is 28.9. The SMILES string of the molecule is Cc1cc(C)cc(N2C(=O)C(=NNc3ccc(C=C4C(=O)NC(=O)N4C)cc3O)c3ccc(C(F)(F)F)cc32)c1. The maximum Gasteiger partial charge on any atom is 0.416 e. The number of imide groups is 1. The van der Waals surface area contributed by atoms with Gasteiger partial charge in [-0.3, -0.25) is 30.1 Å². The third-order valence-corrected chi connectivity index (χ3v) is 6.42. The largest absolute Gasteiger partial charge is 0.506 e. The number of hydrogen-bond donors (Lipinski definition) is 3. The van der Waals surface area contributed by atoms with Crippen LogP contribution in [0.1, 0.15) is 27.8 Å². The van der Waals surface area contributed by atoms with Gasteiger partial charge in [-0.05, 0) is 79.1 Å². The summed E-state index contributed by atoms with van der Waals surface area (Å²) in [7, 11) is 1.42. The van der Waals surface area contributed by atoms with Gasteiger partial charge in [-0.2, -0.15) is 18.3 Å². The third-order valence-electron chi connectivity index (χ3n) is 6.42. The molecule has 12 heteroatoms. The summed E-state index contributed by atoms with van der Waals surface area (Å²) in [6.45, 7) is 3.64. The molecule has 40 heavy (non-hydrogen) atoms. The number of hydrogen-bond acceptors (Lipinski definition) is 6. The van der Waals surface area contributed by atoms with E-state index in [1.807, 2.05) is 19.9 Å². The van der Waals surface area contributed by atoms with Gasteiger partial charge in [-0.25, -0.2) is 4.79 Å². The Labute approximate surface area is 226 Å². The molecule has 0 spiro atoms. The van der Waals surface area contributed by atoms with Crippen LogP contribution >= 0.6 is 0 Å². The molecule has 2 aliphatic heterocycles. The van der Waals surface area contributed by atoms with E-state index in [4.69, 9.17) is 0 Å². The number of nitrogens with zero attached hydrogens (tertiary/aromatic N) is 3. The Morgan fingerprint density at radius 3 is 2.27 bits per heavy atom. The molecule has 3 N–H and O–H groups in total. The molecule has 0 aromatic heterocycles. The summed E-state index contributed by atoms with van der Waals surface area (Å²) in [4.78, 5) is 39.4. The number of urea groups is 1. The lowest BCUT2D eigenvalue weighted by molar-refractivity contribution is -0.137. The van der Waals surface area contributed by atoms with Crippen molar-refractivity contribution in [2.45, 2.75) is 20.0 Å². The number of likely N-dealkylation sites (N-methyl/N-ethyl adjacent to an activating group) is 1. The first-order valence-electron chi connectivity index (χ1n) is 12.0. The normalized spacial score (nSPS) is 17.2. The maximum atomic E-state index is 13.5. The smallest absolute Gasteiger partial charge is 0.416 e. The second-order valence-electron chi connectivity index (χ2n) is 9.41. The third kappa shape index (κ3) is 4.75. The number of fused-ring (bicyclic) bond motifs is 1. The number of carbonyl (C=O) groups excluding carboxylic acids is 3. The minimum atomic E-state index is -4.62. The first kappa shape index (κ1) is 26.5. The molecule has 1 saturated heterocycles. The van der Waals surface area contributed by atoms with Gasteiger partial charge >= 0.3 is 12.2 Å². The van der Waals surface area contributed by atoms with E-state index < -0.39 is 29.6 Å². The fourth-order valence-electron chi connectivity index (χ4n) is 4.54. The minimum absolute atomic E-state index is 0.0325. The van der Waals surface area contributed by atoms with Gasteiger partial charge in [0.1, 0.15) is 11.4 Å². The number of aryl methyl sites for hydroxylation is 2. The number of nitrogens with one attached hydrogen (secondary N) is 2. The lowest BCUT2D eigenvalue weighted by Crippen LogP contribution is -2.26. The Kier molecular flexibility index (Phi) is 6.33. The summed E-state index contributed by atoms with van der Waals surface area (Å²) in [5.74, 6) is -1.51. The number of halogens is 3. The van der Waals surface area contributed by atoms with Gasteiger partial charge in [-0.15, -0.1) is 0 Å². The van der Waals surface area contributed by atoms with Crippen LogP contribution in [0.5, 0.6) is 5.75 Å². The molecule has 1 fully saturated rings. The van der Waals surface area contributed by atoms with Crippen molar-refractivity contribution in [2.24, 2.45) is 5.10 Å². The molecule has 0 unspecified atom stereocenters. The number of amides is 4. The average molecular weight is 550 g/mol. The van der Waals surface area contributed by atoms with Crippen LogP contribution < -0.4 is 15.6 Å². The Morgan fingerprint density at radius 1 is 0.975 bits per heavy atom. The number of phenolic OH excluding ortho intramolecular Hbond substituents is 1. The van der Waals surface area contributed by atoms with E-state index in [9.17, 15) is 32.7 Å². The molecule has 2 aliphatic rings. The minimum Gasteiger partial charge on any atom is -0.506 e. The Bertz CT molecular complexity index is 1640. The molecule has 5 rings (SSSR count). The zero-order valence-corrected chi connectivity index (χ0v) is 21.4. The number of rotatable bonds is 4. The van der Waals surface area contributed by atoms with E-state index in [1.165, 1.54) is 36.2 Å². The van der Waals surface area contributed by atoms with Crippen LogP contribution in [0.3, 0.4) is 0 Å². The van der Waals surface area contributed by atoms with Gasteiger partial charge in [0, 0.05) is 18.3 Å². The van der Waals surface area contributed by atoms with E-state index in [-0.39, 0.29) is 34.1 Å². The van der Waals surface area contributed by atoms with Crippen LogP contribution in [0.25, 0.3) is 6.08 Å². The van der Waals surface area contributed by atoms with Gasteiger partial charge in [0.2, 0.25) is 0 Å². The summed E-state index contributed by atoms with van der Waals surface area (Å²) in [6.07, 6.45) is -3.21. The van der Waals surface area contributed by atoms with Crippen LogP contribution in [0.4, 0.5) is 35.0 Å². The topological polar surface area (TPSA) is 114 Å². The fraction of sp³-hybridized carbons (Fsp3) is 0.143. The molecule has 0 bridgehead atoms. The van der Waals surface area contributed by atoms with Crippen LogP contribution in [-0.4, -0.2) is 40.6 Å². The first-order chi connectivity index (χ1) is 18.8. The Balaban J connectivity index is 1.50. The highest BCUT2D eigenvalue weighted by molar-refractivity contribution is 6.55. The molecule has 3 aromatic carbocycles. The number of aromatic hydroxyl groups is 1. The first-order valence-corrected chi connectivity index (χ1v) is 12.0. The van der Waals surface area contributed by atoms with Crippen molar-refractivity contribution >= 4 is 46.7 Å². The highest BCUT2D eigenvalue weighted by Crippen LogP contribution is 2.41. The summed E-state index contributed by atoms with van der Waals surface area (Å²) in [5, 5.41) is 16.8. The molecule has 4 amide bonds. The number of carbonyl (C=O) groups is 3. The number of benzene rings is 3. The highest BCUT2D eigenvalue weighted by Gasteiger charge is 2.39. The monoisotopic (exact) mass is 549 g/mol. The summed E-state index contributed by atoms with van der Waals surface area (Å²) in [5.41, 5.74) is 4.42. The highest BCUT2D eigenvalue weighted by atomic mass is 19.4. The van der Waals surface area contributed by atoms with E-state index in [1.54, 1.807) is 18.2 Å². The van der Waals surface area contributed by atoms with Crippen molar-refractivity contribution in [1.82, 2.24) is 10.2 Å². The Morgan fingerprint density at radius 2 is 1.68 bits per heavy atom.